The van der Waals surface area contributed by atoms with Gasteiger partial charge in [0.15, 0.2) is 0 Å². The predicted octanol–water partition coefficient (Wildman–Crippen LogP) is -10.2. The molecule has 0 amide bonds. The van der Waals surface area contributed by atoms with Gasteiger partial charge < -0.3 is 60.0 Å². The summed E-state index contributed by atoms with van der Waals surface area (Å²) in [6.45, 7) is 0. The van der Waals surface area contributed by atoms with Gasteiger partial charge in [0.1, 0.15) is 0 Å². The molecule has 0 aliphatic rings. The fourth-order valence-corrected chi connectivity index (χ4v) is 0. The molecule has 0 spiro atoms. The summed E-state index contributed by atoms with van der Waals surface area (Å²) < 4.78 is 0. The van der Waals surface area contributed by atoms with Gasteiger partial charge in [-0.2, -0.15) is 0 Å². The molecule has 0 atom stereocenters. The molecule has 16 heavy (non-hydrogen) atoms. The van der Waals surface area contributed by atoms with Gasteiger partial charge in [0, 0.05) is 0 Å². The Balaban J connectivity index is -0.000000000682. The van der Waals surface area contributed by atoms with Crippen molar-refractivity contribution in [1.82, 2.24) is 0 Å². The SMILES string of the molecule is O.O.O.O.O.O.O.O.O.O.O=[N+]([O-])O.[CaH2].[KH]. The predicted molar refractivity (Wildman–Crippen MR) is 60.6 cm³/mol. The quantitative estimate of drug-likeness (QED) is 0.257. The molecule has 110 valence electrons. The normalized spacial score (nSPS) is 1.50. The van der Waals surface area contributed by atoms with Crippen molar-refractivity contribution in [3.8, 4) is 0 Å². The fourth-order valence-electron chi connectivity index (χ4n) is 0. The molecule has 0 aromatic heterocycles. The minimum absolute atomic E-state index is 0. The van der Waals surface area contributed by atoms with Crippen LogP contribution in [-0.4, -0.2) is 154 Å². The van der Waals surface area contributed by atoms with E-state index in [1.54, 1.807) is 0 Å². The van der Waals surface area contributed by atoms with Crippen molar-refractivity contribution in [3.05, 3.63) is 10.1 Å². The second-order valence-electron chi connectivity index (χ2n) is 0.238. The molecule has 14 nitrogen and oxygen atoms in total. The fraction of sp³-hybridized carbons (Fsp3) is 0. The van der Waals surface area contributed by atoms with E-state index in [4.69, 9.17) is 15.3 Å². The van der Waals surface area contributed by atoms with Gasteiger partial charge in [0.05, 0.1) is 0 Å². The number of nitrogens with zero attached hydrogens (tertiary/aromatic N) is 1. The van der Waals surface area contributed by atoms with Crippen LogP contribution in [0.4, 0.5) is 0 Å². The summed E-state index contributed by atoms with van der Waals surface area (Å²) in [6.07, 6.45) is 0. The third kappa shape index (κ3) is 1180. The molecule has 0 aliphatic heterocycles. The summed E-state index contributed by atoms with van der Waals surface area (Å²) in [4.78, 5) is 8.36. The summed E-state index contributed by atoms with van der Waals surface area (Å²) in [5.41, 5.74) is 0. The van der Waals surface area contributed by atoms with Gasteiger partial charge in [0.2, 0.25) is 0 Å². The van der Waals surface area contributed by atoms with E-state index < -0.39 is 5.09 Å². The van der Waals surface area contributed by atoms with Gasteiger partial charge >= 0.3 is 89.1 Å². The van der Waals surface area contributed by atoms with E-state index in [1.165, 1.54) is 0 Å². The zero-order chi connectivity index (χ0) is 3.58. The van der Waals surface area contributed by atoms with Crippen LogP contribution in [0.25, 0.3) is 0 Å². The van der Waals surface area contributed by atoms with E-state index in [-0.39, 0.29) is 144 Å². The van der Waals surface area contributed by atoms with Gasteiger partial charge in [-0.1, -0.05) is 0 Å². The Morgan fingerprint density at radius 3 is 0.688 bits per heavy atom. The summed E-state index contributed by atoms with van der Waals surface area (Å²) in [5.74, 6) is 0. The molecule has 0 unspecified atom stereocenters. The van der Waals surface area contributed by atoms with E-state index in [0.29, 0.717) is 0 Å². The molecular weight excluding hydrogens is 301 g/mol. The van der Waals surface area contributed by atoms with Crippen molar-refractivity contribution in [1.29, 1.82) is 0 Å². The van der Waals surface area contributed by atoms with E-state index in [2.05, 4.69) is 0 Å². The van der Waals surface area contributed by atoms with Crippen LogP contribution >= 0.6 is 0 Å². The molecule has 0 fully saturated rings. The van der Waals surface area contributed by atoms with E-state index in [9.17, 15) is 0 Å². The van der Waals surface area contributed by atoms with Gasteiger partial charge in [-0.3, -0.25) is 0 Å². The molecule has 16 heteroatoms. The molecule has 0 saturated heterocycles. The summed E-state index contributed by atoms with van der Waals surface area (Å²) in [5, 5.41) is 13.6. The third-order valence-electron chi connectivity index (χ3n) is 0. The number of hydrogen-bond donors (Lipinski definition) is 1. The molecule has 0 saturated carbocycles. The molecule has 0 rings (SSSR count). The first-order chi connectivity index (χ1) is 1.73. The van der Waals surface area contributed by atoms with Gasteiger partial charge in [-0.05, 0) is 0 Å². The van der Waals surface area contributed by atoms with E-state index in [0.717, 1.165) is 0 Å². The summed E-state index contributed by atoms with van der Waals surface area (Å²) >= 11 is 0. The Labute approximate surface area is 162 Å². The van der Waals surface area contributed by atoms with Gasteiger partial charge in [-0.15, -0.1) is 10.1 Å². The molecule has 0 aromatic carbocycles. The minimum atomic E-state index is -1.50. The van der Waals surface area contributed by atoms with Crippen LogP contribution in [0.3, 0.4) is 0 Å². The topological polar surface area (TPSA) is 378 Å². The first-order valence-electron chi connectivity index (χ1n) is 0.565. The first-order valence-corrected chi connectivity index (χ1v) is 0.565. The molecule has 0 heterocycles. The summed E-state index contributed by atoms with van der Waals surface area (Å²) in [7, 11) is 0. The Morgan fingerprint density at radius 1 is 0.688 bits per heavy atom. The van der Waals surface area contributed by atoms with Crippen LogP contribution in [-0.2, 0) is 0 Å². The second kappa shape index (κ2) is 187. The van der Waals surface area contributed by atoms with Crippen molar-refractivity contribution >= 4 is 89.1 Å². The van der Waals surface area contributed by atoms with E-state index in [1.807, 2.05) is 0 Å². The first kappa shape index (κ1) is 224. The van der Waals surface area contributed by atoms with Crippen molar-refractivity contribution in [2.75, 3.05) is 0 Å². The van der Waals surface area contributed by atoms with Gasteiger partial charge in [-0.25, -0.2) is 0 Å². The Morgan fingerprint density at radius 2 is 0.688 bits per heavy atom. The Bertz CT molecular complexity index is 38.9. The Hall–Kier alpha value is 1.70. The molecule has 0 aromatic rings. The van der Waals surface area contributed by atoms with Crippen LogP contribution in [0.15, 0.2) is 0 Å². The zero-order valence-corrected chi connectivity index (χ0v) is 6.71. The average molecular weight is 325 g/mol. The number of rotatable bonds is 0. The van der Waals surface area contributed by atoms with Crippen LogP contribution in [0.1, 0.15) is 0 Å². The zero-order valence-electron chi connectivity index (χ0n) is 6.71. The van der Waals surface area contributed by atoms with Crippen molar-refractivity contribution < 1.29 is 65.1 Å². The monoisotopic (exact) mass is 325 g/mol. The van der Waals surface area contributed by atoms with Crippen molar-refractivity contribution in [2.24, 2.45) is 0 Å². The molecule has 21 N–H and O–H groups in total. The molecule has 0 aliphatic carbocycles. The number of hydrogen-bond acceptors (Lipinski definition) is 2. The van der Waals surface area contributed by atoms with Crippen molar-refractivity contribution in [2.45, 2.75) is 0 Å². The van der Waals surface area contributed by atoms with Crippen molar-refractivity contribution in [3.63, 3.8) is 0 Å². The standard InChI is InChI=1S/Ca.K.HNO3.10H2O.3H/c;;2-1(3)4;;;;;;;;;;;;;/h;;(H,2,3,4);10*1H2;;;. The summed E-state index contributed by atoms with van der Waals surface area (Å²) in [6, 6.07) is 0. The van der Waals surface area contributed by atoms with Crippen LogP contribution in [0.5, 0.6) is 0 Å². The second-order valence-corrected chi connectivity index (χ2v) is 0.238. The molecule has 0 radical (unpaired) electrons. The molecular formula is H24CaKNO13. The van der Waals surface area contributed by atoms with Crippen LogP contribution in [0.2, 0.25) is 0 Å². The van der Waals surface area contributed by atoms with E-state index >= 15 is 0 Å². The van der Waals surface area contributed by atoms with Crippen LogP contribution in [0, 0.1) is 10.1 Å². The average Bonchev–Trinajstić information content (AvgIpc) is 0.811. The Kier molecular flexibility index (Phi) is 2610. The van der Waals surface area contributed by atoms with Crippen LogP contribution < -0.4 is 0 Å². The molecule has 0 bridgehead atoms. The maximum absolute atomic E-state index is 8.36. The third-order valence-corrected chi connectivity index (χ3v) is 0. The van der Waals surface area contributed by atoms with Gasteiger partial charge in [0.25, 0.3) is 5.09 Å². The maximum atomic E-state index is 8.36.